The van der Waals surface area contributed by atoms with Crippen LogP contribution in [0.1, 0.15) is 22.3 Å². The Hall–Kier alpha value is -3.11. The van der Waals surface area contributed by atoms with Gasteiger partial charge in [0.1, 0.15) is 29.7 Å². The molecular formula is C49H30N6Na6O23S6. The van der Waals surface area contributed by atoms with E-state index < -0.39 is 153 Å². The summed E-state index contributed by atoms with van der Waals surface area (Å²) in [7, 11) is -32.3. The molecule has 0 radical (unpaired) electrons. The van der Waals surface area contributed by atoms with Gasteiger partial charge in [0.15, 0.2) is 0 Å². The van der Waals surface area contributed by atoms with E-state index in [0.29, 0.717) is 24.3 Å². The molecule has 0 aliphatic heterocycles. The second kappa shape index (κ2) is 32.6. The number of benzene rings is 8. The first-order chi connectivity index (χ1) is 38.9. The molecular weight excluding hydrogens is 1370 g/mol. The van der Waals surface area contributed by atoms with Crippen molar-refractivity contribution in [2.75, 3.05) is 5.32 Å². The molecule has 90 heavy (non-hydrogen) atoms. The SMILES string of the molecule is O=S(=O)([O-])c1cc(S(=O)(=O)O)c2c(N=C([O-])c3cccc(N=C([O-])c4cccc(N=C([O-])Nc5cccc(C([O-])=Nc6cccc(C([O-])=Nc7ccc(S(=O)(=O)O)c8cc(S(=O)(=O)O)cc(S(=O)(=O)O)c78)c6)c5)c4)c3)ccc(S(=O)(=O)O)c2c1.[Na+].[Na+].[Na+].[Na+].[Na+].[Na+]. The smallest absolute Gasteiger partial charge is 0.858 e. The summed E-state index contributed by atoms with van der Waals surface area (Å²) in [6, 6.07) is 23.0. The van der Waals surface area contributed by atoms with Crippen LogP contribution in [0.2, 0.25) is 0 Å². The van der Waals surface area contributed by atoms with Crippen LogP contribution in [0.3, 0.4) is 0 Å². The minimum absolute atomic E-state index is 0. The van der Waals surface area contributed by atoms with E-state index in [0.717, 1.165) is 24.3 Å². The van der Waals surface area contributed by atoms with Gasteiger partial charge in [-0.05, 0) is 143 Å². The second-order valence-electron chi connectivity index (χ2n) is 17.1. The molecule has 8 aromatic carbocycles. The molecule has 0 aromatic heterocycles. The zero-order chi connectivity index (χ0) is 61.6. The van der Waals surface area contributed by atoms with E-state index >= 15 is 0 Å². The fraction of sp³-hybridized carbons (Fsp3) is 0. The predicted molar refractivity (Wildman–Crippen MR) is 286 cm³/mol. The van der Waals surface area contributed by atoms with E-state index in [4.69, 9.17) is 0 Å². The summed E-state index contributed by atoms with van der Waals surface area (Å²) in [5, 5.41) is 65.7. The minimum atomic E-state index is -5.52. The molecule has 6 N–H and O–H groups in total. The van der Waals surface area contributed by atoms with E-state index in [2.05, 4.69) is 30.3 Å². The van der Waals surface area contributed by atoms with Crippen molar-refractivity contribution >= 4 is 146 Å². The monoisotopic (exact) mass is 1400 g/mol. The van der Waals surface area contributed by atoms with E-state index in [-0.39, 0.29) is 234 Å². The normalized spacial score (nSPS) is 12.9. The van der Waals surface area contributed by atoms with Crippen LogP contribution >= 0.6 is 0 Å². The van der Waals surface area contributed by atoms with Crippen molar-refractivity contribution in [3.05, 3.63) is 168 Å². The van der Waals surface area contributed by atoms with Crippen LogP contribution in [-0.2, 0) is 60.7 Å². The molecule has 41 heteroatoms. The summed E-state index contributed by atoms with van der Waals surface area (Å²) in [5.41, 5.74) is -2.57. The maximum atomic E-state index is 13.5. The standard InChI is InChI=1S/C49H36N6O23S6.6Na/c56-45(50-29-9-1-7-27(17-29)47(58)54-37-13-15-39(81(67,68)69)35-21-33(79(61,62)63)23-41(43(35)37)83(73,74)75)25-5-3-11-31(19-25)52-49(60)53-32-12-4-6-26(20-32)46(57)51-30-10-2-8-28(18-30)48(59)55-38-14-16-40(82(70,71)72)36-22-34(80(64,65)66)24-42(44(36)38)84(76,77)78;;;;;;/h1-24H,(H,50,56)(H,51,57)(H,54,58)(H,55,59)(H2,52,53,60)(H,61,62,63)(H,64,65,66)(H,67,68,69)(H,70,71,72)(H,73,74,75)(H,76,77,78);;;;;;/q;6*+1/p-6. The molecule has 8 rings (SSSR count). The number of amidine groups is 1. The number of rotatable bonds is 16. The van der Waals surface area contributed by atoms with E-state index in [1.165, 1.54) is 84.9 Å². The maximum Gasteiger partial charge on any atom is 1.00 e. The van der Waals surface area contributed by atoms with Crippen LogP contribution < -0.4 is 208 Å². The van der Waals surface area contributed by atoms with Gasteiger partial charge in [-0.15, -0.1) is 0 Å². The van der Waals surface area contributed by atoms with Crippen molar-refractivity contribution in [3.8, 4) is 0 Å². The molecule has 0 heterocycles. The molecule has 0 unspecified atom stereocenters. The summed E-state index contributed by atoms with van der Waals surface area (Å²) in [5.74, 6) is -4.22. The van der Waals surface area contributed by atoms with E-state index in [1.807, 2.05) is 0 Å². The topological polar surface area (TPSA) is 518 Å². The van der Waals surface area contributed by atoms with Gasteiger partial charge in [-0.3, -0.25) is 42.7 Å². The Labute approximate surface area is 644 Å². The van der Waals surface area contributed by atoms with Crippen LogP contribution in [0.5, 0.6) is 0 Å². The molecule has 0 saturated carbocycles. The summed E-state index contributed by atoms with van der Waals surface area (Å²) in [4.78, 5) is 12.0. The van der Waals surface area contributed by atoms with Crippen LogP contribution in [-0.4, -0.2) is 107 Å². The third-order valence-electron chi connectivity index (χ3n) is 11.5. The first-order valence-electron chi connectivity index (χ1n) is 22.5. The Morgan fingerprint density at radius 3 is 1.02 bits per heavy atom. The third-order valence-corrected chi connectivity index (χ3v) is 16.7. The molecule has 0 atom stereocenters. The van der Waals surface area contributed by atoms with Gasteiger partial charge >= 0.3 is 177 Å². The number of anilines is 1. The zero-order valence-corrected chi connectivity index (χ0v) is 64.0. The third kappa shape index (κ3) is 20.5. The Balaban J connectivity index is 0.00000460. The maximum absolute atomic E-state index is 13.5. The first kappa shape index (κ1) is 83.0. The largest absolute Gasteiger partial charge is 1.00 e. The molecule has 0 saturated heterocycles. The summed E-state index contributed by atoms with van der Waals surface area (Å²) >= 11 is 0. The molecule has 0 bridgehead atoms. The van der Waals surface area contributed by atoms with Gasteiger partial charge in [0, 0.05) is 27.2 Å². The quantitative estimate of drug-likeness (QED) is 0.0226. The number of nitrogens with zero attached hydrogens (tertiary/aromatic N) is 5. The number of hydrogen-bond acceptors (Lipinski definition) is 23. The fourth-order valence-corrected chi connectivity index (χ4v) is 12.0. The molecule has 0 aliphatic rings. The summed E-state index contributed by atoms with van der Waals surface area (Å²) < 4.78 is 207. The van der Waals surface area contributed by atoms with Gasteiger partial charge in [0.2, 0.25) is 0 Å². The van der Waals surface area contributed by atoms with Crippen LogP contribution in [0, 0.1) is 0 Å². The number of aliphatic imine (C=N–C) groups is 5. The number of fused-ring (bicyclic) bond motifs is 2. The van der Waals surface area contributed by atoms with Gasteiger partial charge in [0.25, 0.3) is 50.6 Å². The van der Waals surface area contributed by atoms with Crippen molar-refractivity contribution in [2.45, 2.75) is 29.4 Å². The Kier molecular flexibility index (Phi) is 30.0. The van der Waals surface area contributed by atoms with Crippen LogP contribution in [0.4, 0.5) is 34.1 Å². The van der Waals surface area contributed by atoms with Gasteiger partial charge < -0.3 is 35.4 Å². The average molecular weight is 1400 g/mol. The van der Waals surface area contributed by atoms with Crippen LogP contribution in [0.25, 0.3) is 21.5 Å². The van der Waals surface area contributed by atoms with Crippen LogP contribution in [0.15, 0.2) is 200 Å². The summed E-state index contributed by atoms with van der Waals surface area (Å²) in [6.45, 7) is 0. The molecule has 436 valence electrons. The van der Waals surface area contributed by atoms with Gasteiger partial charge in [-0.1, -0.05) is 48.5 Å². The Bertz CT molecular complexity index is 5030. The molecule has 8 aromatic rings. The van der Waals surface area contributed by atoms with Gasteiger partial charge in [-0.2, -0.15) is 42.1 Å². The Morgan fingerprint density at radius 1 is 0.344 bits per heavy atom. The van der Waals surface area contributed by atoms with Gasteiger partial charge in [0.05, 0.1) is 44.2 Å². The van der Waals surface area contributed by atoms with Crippen molar-refractivity contribution in [2.24, 2.45) is 25.0 Å². The van der Waals surface area contributed by atoms with Crippen molar-refractivity contribution in [1.82, 2.24) is 0 Å². The van der Waals surface area contributed by atoms with Crippen molar-refractivity contribution in [3.63, 3.8) is 0 Å². The van der Waals surface area contributed by atoms with E-state index in [1.54, 1.807) is 0 Å². The molecule has 0 fully saturated rings. The fourth-order valence-electron chi connectivity index (χ4n) is 7.92. The predicted octanol–water partition coefficient (Wildman–Crippen LogP) is -16.6. The number of hydrogen-bond donors (Lipinski definition) is 6. The molecule has 0 aliphatic carbocycles. The first-order valence-corrected chi connectivity index (χ1v) is 31.1. The van der Waals surface area contributed by atoms with Crippen molar-refractivity contribution < 1.29 is 281 Å². The van der Waals surface area contributed by atoms with E-state index in [9.17, 15) is 103 Å². The van der Waals surface area contributed by atoms with Gasteiger partial charge in [-0.25, -0.2) is 13.4 Å². The minimum Gasteiger partial charge on any atom is -0.858 e. The number of nitrogens with one attached hydrogen (secondary N) is 1. The molecule has 29 nitrogen and oxygen atoms in total. The van der Waals surface area contributed by atoms with Crippen molar-refractivity contribution in [1.29, 1.82) is 0 Å². The Morgan fingerprint density at radius 2 is 0.667 bits per heavy atom. The summed E-state index contributed by atoms with van der Waals surface area (Å²) in [6.07, 6.45) is 0. The zero-order valence-electron chi connectivity index (χ0n) is 47.1. The molecule has 0 amide bonds. The second-order valence-corrected chi connectivity index (χ2v) is 25.5. The average Bonchev–Trinajstić information content (AvgIpc) is 0.781. The molecule has 0 spiro atoms.